The van der Waals surface area contributed by atoms with E-state index in [4.69, 9.17) is 5.73 Å². The van der Waals surface area contributed by atoms with Crippen molar-refractivity contribution in [1.29, 1.82) is 0 Å². The van der Waals surface area contributed by atoms with Gasteiger partial charge in [0.1, 0.15) is 0 Å². The number of benzene rings is 1. The van der Waals surface area contributed by atoms with Gasteiger partial charge >= 0.3 is 0 Å². The first-order valence-corrected chi connectivity index (χ1v) is 4.39. The van der Waals surface area contributed by atoms with E-state index in [1.807, 2.05) is 13.0 Å². The standard InChI is InChI=1S/C11H13F2N/c1-8(7-14)6-9-2-4-10(5-3-9)11(12)13/h2-6,11H,7,14H2,1H3/b8-6-. The highest BCUT2D eigenvalue weighted by molar-refractivity contribution is 5.53. The van der Waals surface area contributed by atoms with Gasteiger partial charge in [0, 0.05) is 12.1 Å². The molecule has 14 heavy (non-hydrogen) atoms. The molecule has 0 aliphatic heterocycles. The quantitative estimate of drug-likeness (QED) is 0.792. The normalized spacial score (nSPS) is 12.2. The molecule has 0 fully saturated rings. The average molecular weight is 197 g/mol. The molecule has 0 radical (unpaired) electrons. The van der Waals surface area contributed by atoms with Crippen LogP contribution in [-0.4, -0.2) is 6.54 Å². The van der Waals surface area contributed by atoms with Crippen LogP contribution < -0.4 is 5.73 Å². The molecule has 0 aromatic heterocycles. The zero-order valence-electron chi connectivity index (χ0n) is 8.00. The van der Waals surface area contributed by atoms with E-state index in [2.05, 4.69) is 0 Å². The maximum absolute atomic E-state index is 12.2. The van der Waals surface area contributed by atoms with E-state index in [1.165, 1.54) is 12.1 Å². The summed E-state index contributed by atoms with van der Waals surface area (Å²) in [5.41, 5.74) is 7.38. The molecule has 3 heteroatoms. The van der Waals surface area contributed by atoms with Crippen LogP contribution in [0.15, 0.2) is 29.8 Å². The zero-order valence-corrected chi connectivity index (χ0v) is 8.00. The maximum atomic E-state index is 12.2. The molecule has 0 bridgehead atoms. The highest BCUT2D eigenvalue weighted by atomic mass is 19.3. The monoisotopic (exact) mass is 197 g/mol. The molecule has 0 heterocycles. The molecule has 0 atom stereocenters. The Kier molecular flexibility index (Phi) is 3.77. The molecule has 1 aromatic carbocycles. The minimum Gasteiger partial charge on any atom is -0.327 e. The van der Waals surface area contributed by atoms with Crippen LogP contribution in [-0.2, 0) is 0 Å². The van der Waals surface area contributed by atoms with Gasteiger partial charge in [-0.05, 0) is 12.5 Å². The van der Waals surface area contributed by atoms with Crippen LogP contribution in [0.25, 0.3) is 6.08 Å². The lowest BCUT2D eigenvalue weighted by molar-refractivity contribution is 0.151. The molecule has 0 unspecified atom stereocenters. The summed E-state index contributed by atoms with van der Waals surface area (Å²) in [6.07, 6.45) is -0.515. The summed E-state index contributed by atoms with van der Waals surface area (Å²) < 4.78 is 24.4. The molecule has 0 saturated heterocycles. The molecule has 1 aromatic rings. The van der Waals surface area contributed by atoms with Crippen molar-refractivity contribution in [3.8, 4) is 0 Å². The van der Waals surface area contributed by atoms with E-state index >= 15 is 0 Å². The largest absolute Gasteiger partial charge is 0.327 e. The Morgan fingerprint density at radius 2 is 1.93 bits per heavy atom. The molecular formula is C11H13F2N. The van der Waals surface area contributed by atoms with Crippen LogP contribution in [0.3, 0.4) is 0 Å². The first kappa shape index (κ1) is 10.9. The second kappa shape index (κ2) is 4.86. The van der Waals surface area contributed by atoms with Gasteiger partial charge in [-0.25, -0.2) is 8.78 Å². The molecule has 1 rings (SSSR count). The second-order valence-corrected chi connectivity index (χ2v) is 3.16. The highest BCUT2D eigenvalue weighted by Gasteiger charge is 2.04. The van der Waals surface area contributed by atoms with Crippen molar-refractivity contribution < 1.29 is 8.78 Å². The second-order valence-electron chi connectivity index (χ2n) is 3.16. The van der Waals surface area contributed by atoms with Gasteiger partial charge < -0.3 is 5.73 Å². The molecule has 2 N–H and O–H groups in total. The van der Waals surface area contributed by atoms with E-state index in [0.717, 1.165) is 11.1 Å². The molecule has 0 saturated carbocycles. The first-order valence-electron chi connectivity index (χ1n) is 4.39. The summed E-state index contributed by atoms with van der Waals surface area (Å²) in [6.45, 7) is 2.39. The van der Waals surface area contributed by atoms with Gasteiger partial charge in [-0.1, -0.05) is 35.9 Å². The van der Waals surface area contributed by atoms with Crippen LogP contribution in [0.5, 0.6) is 0 Å². The fraction of sp³-hybridized carbons (Fsp3) is 0.273. The SMILES string of the molecule is C/C(=C/c1ccc(C(F)F)cc1)CN. The topological polar surface area (TPSA) is 26.0 Å². The number of halogens is 2. The predicted molar refractivity (Wildman–Crippen MR) is 54.1 cm³/mol. The minimum absolute atomic E-state index is 0.0487. The summed E-state index contributed by atoms with van der Waals surface area (Å²) in [4.78, 5) is 0. The van der Waals surface area contributed by atoms with Gasteiger partial charge in [-0.2, -0.15) is 0 Å². The van der Waals surface area contributed by atoms with Gasteiger partial charge in [0.05, 0.1) is 0 Å². The molecule has 0 amide bonds. The molecule has 0 aliphatic rings. The third-order valence-electron chi connectivity index (χ3n) is 1.92. The highest BCUT2D eigenvalue weighted by Crippen LogP contribution is 2.19. The van der Waals surface area contributed by atoms with E-state index < -0.39 is 6.43 Å². The van der Waals surface area contributed by atoms with Gasteiger partial charge in [0.15, 0.2) is 0 Å². The van der Waals surface area contributed by atoms with Crippen LogP contribution in [0.2, 0.25) is 0 Å². The predicted octanol–water partition coefficient (Wildman–Crippen LogP) is 2.99. The van der Waals surface area contributed by atoms with Crippen molar-refractivity contribution in [3.63, 3.8) is 0 Å². The van der Waals surface area contributed by atoms with E-state index in [-0.39, 0.29) is 5.56 Å². The third kappa shape index (κ3) is 2.92. The van der Waals surface area contributed by atoms with Crippen molar-refractivity contribution in [3.05, 3.63) is 41.0 Å². The van der Waals surface area contributed by atoms with Gasteiger partial charge in [-0.15, -0.1) is 0 Å². The van der Waals surface area contributed by atoms with Crippen molar-refractivity contribution in [2.75, 3.05) is 6.54 Å². The lowest BCUT2D eigenvalue weighted by Gasteiger charge is -2.00. The lowest BCUT2D eigenvalue weighted by atomic mass is 10.1. The van der Waals surface area contributed by atoms with Crippen molar-refractivity contribution in [2.45, 2.75) is 13.3 Å². The number of rotatable bonds is 3. The van der Waals surface area contributed by atoms with Crippen molar-refractivity contribution in [1.82, 2.24) is 0 Å². The Hall–Kier alpha value is -1.22. The Bertz CT molecular complexity index is 315. The molecule has 76 valence electrons. The van der Waals surface area contributed by atoms with E-state index in [9.17, 15) is 8.78 Å². The van der Waals surface area contributed by atoms with Gasteiger partial charge in [0.2, 0.25) is 0 Å². The van der Waals surface area contributed by atoms with Crippen LogP contribution in [0.1, 0.15) is 24.5 Å². The summed E-state index contributed by atoms with van der Waals surface area (Å²) in [5, 5.41) is 0. The smallest absolute Gasteiger partial charge is 0.263 e. The Labute approximate surface area is 82.2 Å². The Morgan fingerprint density at radius 3 is 2.36 bits per heavy atom. The van der Waals surface area contributed by atoms with E-state index in [0.29, 0.717) is 6.54 Å². The summed E-state index contributed by atoms with van der Waals surface area (Å²) in [5.74, 6) is 0. The first-order chi connectivity index (χ1) is 6.63. The molecule has 1 nitrogen and oxygen atoms in total. The summed E-state index contributed by atoms with van der Waals surface area (Å²) in [7, 11) is 0. The van der Waals surface area contributed by atoms with Crippen molar-refractivity contribution >= 4 is 6.08 Å². The van der Waals surface area contributed by atoms with Gasteiger partial charge in [0.25, 0.3) is 6.43 Å². The van der Waals surface area contributed by atoms with Crippen LogP contribution in [0, 0.1) is 0 Å². The fourth-order valence-corrected chi connectivity index (χ4v) is 1.08. The number of hydrogen-bond acceptors (Lipinski definition) is 1. The number of alkyl halides is 2. The molecular weight excluding hydrogens is 184 g/mol. The number of nitrogens with two attached hydrogens (primary N) is 1. The molecule has 0 spiro atoms. The Morgan fingerprint density at radius 1 is 1.36 bits per heavy atom. The fourth-order valence-electron chi connectivity index (χ4n) is 1.08. The van der Waals surface area contributed by atoms with Crippen LogP contribution in [0.4, 0.5) is 8.78 Å². The minimum atomic E-state index is -2.40. The van der Waals surface area contributed by atoms with Crippen molar-refractivity contribution in [2.24, 2.45) is 5.73 Å². The summed E-state index contributed by atoms with van der Waals surface area (Å²) >= 11 is 0. The van der Waals surface area contributed by atoms with Crippen LogP contribution >= 0.6 is 0 Å². The van der Waals surface area contributed by atoms with E-state index in [1.54, 1.807) is 12.1 Å². The third-order valence-corrected chi connectivity index (χ3v) is 1.92. The lowest BCUT2D eigenvalue weighted by Crippen LogP contribution is -1.99. The number of hydrogen-bond donors (Lipinski definition) is 1. The van der Waals surface area contributed by atoms with Gasteiger partial charge in [-0.3, -0.25) is 0 Å². The zero-order chi connectivity index (χ0) is 10.6. The maximum Gasteiger partial charge on any atom is 0.263 e. The Balaban J connectivity index is 2.84. The average Bonchev–Trinajstić information content (AvgIpc) is 2.18. The summed E-state index contributed by atoms with van der Waals surface area (Å²) in [6, 6.07) is 6.20. The molecule has 0 aliphatic carbocycles.